The van der Waals surface area contributed by atoms with Crippen LogP contribution in [0.5, 0.6) is 0 Å². The van der Waals surface area contributed by atoms with Crippen molar-refractivity contribution in [1.29, 1.82) is 0 Å². The maximum atomic E-state index is 3.59. The van der Waals surface area contributed by atoms with Crippen molar-refractivity contribution in [2.45, 2.75) is 52.5 Å². The SMILES string of the molecule is CC(C)(C)C1CCN(C2CCCCNC2)C1. The normalized spacial score (nSPS) is 33.9. The van der Waals surface area contributed by atoms with E-state index in [4.69, 9.17) is 0 Å². The van der Waals surface area contributed by atoms with E-state index in [1.54, 1.807) is 0 Å². The monoisotopic (exact) mass is 224 g/mol. The van der Waals surface area contributed by atoms with Crippen LogP contribution >= 0.6 is 0 Å². The summed E-state index contributed by atoms with van der Waals surface area (Å²) >= 11 is 0. The first-order valence-corrected chi connectivity index (χ1v) is 7.02. The number of hydrogen-bond acceptors (Lipinski definition) is 2. The van der Waals surface area contributed by atoms with Crippen LogP contribution in [0.4, 0.5) is 0 Å². The summed E-state index contributed by atoms with van der Waals surface area (Å²) in [6.07, 6.45) is 5.59. The third kappa shape index (κ3) is 2.98. The van der Waals surface area contributed by atoms with Crippen LogP contribution < -0.4 is 5.32 Å². The quantitative estimate of drug-likeness (QED) is 0.736. The van der Waals surface area contributed by atoms with Crippen molar-refractivity contribution in [1.82, 2.24) is 10.2 Å². The van der Waals surface area contributed by atoms with Crippen LogP contribution in [-0.2, 0) is 0 Å². The van der Waals surface area contributed by atoms with E-state index in [2.05, 4.69) is 31.0 Å². The lowest BCUT2D eigenvalue weighted by molar-refractivity contribution is 0.188. The number of nitrogens with zero attached hydrogens (tertiary/aromatic N) is 1. The minimum atomic E-state index is 0.493. The lowest BCUT2D eigenvalue weighted by Crippen LogP contribution is -2.40. The summed E-state index contributed by atoms with van der Waals surface area (Å²) in [5, 5.41) is 3.59. The molecule has 2 heteroatoms. The van der Waals surface area contributed by atoms with Gasteiger partial charge in [-0.15, -0.1) is 0 Å². The zero-order chi connectivity index (χ0) is 11.6. The topological polar surface area (TPSA) is 15.3 Å². The third-order valence-corrected chi connectivity index (χ3v) is 4.48. The molecule has 2 unspecified atom stereocenters. The van der Waals surface area contributed by atoms with E-state index in [9.17, 15) is 0 Å². The summed E-state index contributed by atoms with van der Waals surface area (Å²) < 4.78 is 0. The van der Waals surface area contributed by atoms with Crippen molar-refractivity contribution in [2.75, 3.05) is 26.2 Å². The molecule has 0 radical (unpaired) electrons. The Balaban J connectivity index is 1.87. The predicted octanol–water partition coefficient (Wildman–Crippen LogP) is 2.50. The molecule has 2 heterocycles. The van der Waals surface area contributed by atoms with E-state index in [0.29, 0.717) is 5.41 Å². The molecule has 2 atom stereocenters. The zero-order valence-corrected chi connectivity index (χ0v) is 11.3. The minimum Gasteiger partial charge on any atom is -0.315 e. The lowest BCUT2D eigenvalue weighted by atomic mass is 9.80. The molecule has 0 bridgehead atoms. The van der Waals surface area contributed by atoms with Crippen molar-refractivity contribution in [2.24, 2.45) is 11.3 Å². The van der Waals surface area contributed by atoms with Gasteiger partial charge in [-0.3, -0.25) is 4.90 Å². The Bertz CT molecular complexity index is 211. The molecule has 0 aromatic heterocycles. The fourth-order valence-electron chi connectivity index (χ4n) is 3.14. The summed E-state index contributed by atoms with van der Waals surface area (Å²) in [5.41, 5.74) is 0.493. The fourth-order valence-corrected chi connectivity index (χ4v) is 3.14. The molecule has 2 aliphatic heterocycles. The van der Waals surface area contributed by atoms with Gasteiger partial charge in [-0.2, -0.15) is 0 Å². The fraction of sp³-hybridized carbons (Fsp3) is 1.00. The van der Waals surface area contributed by atoms with Gasteiger partial charge < -0.3 is 5.32 Å². The first-order chi connectivity index (χ1) is 7.57. The Hall–Kier alpha value is -0.0800. The van der Waals surface area contributed by atoms with Gasteiger partial charge in [0.25, 0.3) is 0 Å². The molecule has 16 heavy (non-hydrogen) atoms. The number of hydrogen-bond donors (Lipinski definition) is 1. The second-order valence-electron chi connectivity index (χ2n) is 6.70. The van der Waals surface area contributed by atoms with Crippen LogP contribution in [0.1, 0.15) is 46.5 Å². The second-order valence-corrected chi connectivity index (χ2v) is 6.70. The zero-order valence-electron chi connectivity index (χ0n) is 11.3. The average molecular weight is 224 g/mol. The van der Waals surface area contributed by atoms with Crippen LogP contribution in [-0.4, -0.2) is 37.1 Å². The summed E-state index contributed by atoms with van der Waals surface area (Å²) in [5.74, 6) is 0.899. The van der Waals surface area contributed by atoms with E-state index in [1.165, 1.54) is 51.9 Å². The van der Waals surface area contributed by atoms with Crippen LogP contribution in [0.25, 0.3) is 0 Å². The molecule has 0 saturated carbocycles. The van der Waals surface area contributed by atoms with E-state index < -0.39 is 0 Å². The molecule has 2 fully saturated rings. The molecular formula is C14H28N2. The van der Waals surface area contributed by atoms with Crippen molar-refractivity contribution in [3.05, 3.63) is 0 Å². The number of rotatable bonds is 1. The molecule has 94 valence electrons. The molecule has 0 aliphatic carbocycles. The molecule has 2 rings (SSSR count). The Kier molecular flexibility index (Phi) is 3.91. The van der Waals surface area contributed by atoms with Crippen molar-refractivity contribution in [3.8, 4) is 0 Å². The van der Waals surface area contributed by atoms with Gasteiger partial charge in [0, 0.05) is 19.1 Å². The minimum absolute atomic E-state index is 0.493. The van der Waals surface area contributed by atoms with Crippen molar-refractivity contribution >= 4 is 0 Å². The van der Waals surface area contributed by atoms with Gasteiger partial charge in [-0.1, -0.05) is 27.2 Å². The van der Waals surface area contributed by atoms with E-state index in [1.807, 2.05) is 0 Å². The molecule has 0 amide bonds. The highest BCUT2D eigenvalue weighted by Crippen LogP contribution is 2.34. The van der Waals surface area contributed by atoms with Crippen LogP contribution in [0.15, 0.2) is 0 Å². The second kappa shape index (κ2) is 5.05. The molecule has 0 aromatic rings. The number of nitrogens with one attached hydrogen (secondary N) is 1. The molecule has 0 aromatic carbocycles. The first kappa shape index (κ1) is 12.4. The molecule has 2 nitrogen and oxygen atoms in total. The summed E-state index contributed by atoms with van der Waals surface area (Å²) in [6.45, 7) is 12.3. The summed E-state index contributed by atoms with van der Waals surface area (Å²) in [4.78, 5) is 2.74. The predicted molar refractivity (Wildman–Crippen MR) is 69.6 cm³/mol. The molecule has 1 N–H and O–H groups in total. The standard InChI is InChI=1S/C14H28N2/c1-14(2,3)12-7-9-16(11-12)13-6-4-5-8-15-10-13/h12-13,15H,4-11H2,1-3H3. The third-order valence-electron chi connectivity index (χ3n) is 4.48. The van der Waals surface area contributed by atoms with Crippen LogP contribution in [0.2, 0.25) is 0 Å². The highest BCUT2D eigenvalue weighted by molar-refractivity contribution is 4.88. The first-order valence-electron chi connectivity index (χ1n) is 7.02. The highest BCUT2D eigenvalue weighted by atomic mass is 15.2. The highest BCUT2D eigenvalue weighted by Gasteiger charge is 2.34. The number of likely N-dealkylation sites (tertiary alicyclic amines) is 1. The van der Waals surface area contributed by atoms with Gasteiger partial charge in [-0.25, -0.2) is 0 Å². The Morgan fingerprint density at radius 3 is 2.62 bits per heavy atom. The summed E-state index contributed by atoms with van der Waals surface area (Å²) in [7, 11) is 0. The van der Waals surface area contributed by atoms with Crippen molar-refractivity contribution < 1.29 is 0 Å². The summed E-state index contributed by atoms with van der Waals surface area (Å²) in [6, 6.07) is 0.815. The molecule has 2 aliphatic rings. The van der Waals surface area contributed by atoms with Crippen molar-refractivity contribution in [3.63, 3.8) is 0 Å². The van der Waals surface area contributed by atoms with E-state index >= 15 is 0 Å². The lowest BCUT2D eigenvalue weighted by Gasteiger charge is -2.30. The largest absolute Gasteiger partial charge is 0.315 e. The van der Waals surface area contributed by atoms with Gasteiger partial charge in [0.2, 0.25) is 0 Å². The average Bonchev–Trinajstić information content (AvgIpc) is 2.55. The Morgan fingerprint density at radius 1 is 1.12 bits per heavy atom. The molecule has 2 saturated heterocycles. The van der Waals surface area contributed by atoms with Gasteiger partial charge >= 0.3 is 0 Å². The van der Waals surface area contributed by atoms with Crippen LogP contribution in [0, 0.1) is 11.3 Å². The van der Waals surface area contributed by atoms with Gasteiger partial charge in [0.15, 0.2) is 0 Å². The van der Waals surface area contributed by atoms with Gasteiger partial charge in [-0.05, 0) is 43.7 Å². The smallest absolute Gasteiger partial charge is 0.0220 e. The Labute approximate surface area is 101 Å². The molecule has 0 spiro atoms. The van der Waals surface area contributed by atoms with E-state index in [0.717, 1.165) is 12.0 Å². The van der Waals surface area contributed by atoms with E-state index in [-0.39, 0.29) is 0 Å². The maximum absolute atomic E-state index is 3.59. The molecular weight excluding hydrogens is 196 g/mol. The Morgan fingerprint density at radius 2 is 1.94 bits per heavy atom. The maximum Gasteiger partial charge on any atom is 0.0220 e. The van der Waals surface area contributed by atoms with Gasteiger partial charge in [0.05, 0.1) is 0 Å². The van der Waals surface area contributed by atoms with Crippen LogP contribution in [0.3, 0.4) is 0 Å². The van der Waals surface area contributed by atoms with Gasteiger partial charge in [0.1, 0.15) is 0 Å².